The van der Waals surface area contributed by atoms with Crippen LogP contribution in [-0.4, -0.2) is 110 Å². The van der Waals surface area contributed by atoms with Gasteiger partial charge in [0.1, 0.15) is 22.2 Å². The number of fused-ring (bicyclic) bond motifs is 4. The Labute approximate surface area is 370 Å². The van der Waals surface area contributed by atoms with Crippen LogP contribution in [0.15, 0.2) is 142 Å². The molecule has 4 aromatic carbocycles. The third-order valence-corrected chi connectivity index (χ3v) is 23.6. The Morgan fingerprint density at radius 3 is 1.56 bits per heavy atom. The Balaban J connectivity index is 0.000000186. The van der Waals surface area contributed by atoms with Crippen LogP contribution in [0.5, 0.6) is 0 Å². The second-order valence-corrected chi connectivity index (χ2v) is 31.6. The summed E-state index contributed by atoms with van der Waals surface area (Å²) in [6, 6.07) is 27.5. The third kappa shape index (κ3) is 7.73. The van der Waals surface area contributed by atoms with Gasteiger partial charge >= 0.3 is 187 Å². The predicted octanol–water partition coefficient (Wildman–Crippen LogP) is 5.19. The van der Waals surface area contributed by atoms with Crippen LogP contribution >= 0.6 is 0 Å². The van der Waals surface area contributed by atoms with Crippen LogP contribution in [0.25, 0.3) is 11.1 Å². The van der Waals surface area contributed by atoms with Crippen molar-refractivity contribution >= 4 is 76.8 Å². The average Bonchev–Trinajstić information content (AvgIpc) is 3.23. The van der Waals surface area contributed by atoms with E-state index in [0.717, 1.165) is 61.8 Å². The minimum atomic E-state index is -2.67. The molecule has 2 aliphatic carbocycles. The molecule has 0 fully saturated rings. The topological polar surface area (TPSA) is 92.8 Å². The number of aromatic carboxylic acids is 2. The number of carbonyl (C=O) groups is 2. The quantitative estimate of drug-likeness (QED) is 0.196. The molecule has 0 amide bonds. The van der Waals surface area contributed by atoms with E-state index >= 15 is 0 Å². The summed E-state index contributed by atoms with van der Waals surface area (Å²) >= 11 is -2.67. The second kappa shape index (κ2) is 16.7. The van der Waals surface area contributed by atoms with Gasteiger partial charge in [0.25, 0.3) is 0 Å². The van der Waals surface area contributed by atoms with Crippen LogP contribution in [0.3, 0.4) is 0 Å². The Morgan fingerprint density at radius 2 is 1.05 bits per heavy atom. The first-order chi connectivity index (χ1) is 29.2. The van der Waals surface area contributed by atoms with Gasteiger partial charge in [-0.2, -0.15) is 0 Å². The minimum Gasteiger partial charge on any atom is -0.545 e. The van der Waals surface area contributed by atoms with E-state index in [9.17, 15) is 19.8 Å². The smallest absolute Gasteiger partial charge is 0.199 e. The molecule has 0 radical (unpaired) electrons. The fourth-order valence-electron chi connectivity index (χ4n) is 9.10. The van der Waals surface area contributed by atoms with E-state index in [1.54, 1.807) is 24.3 Å². The number of allylic oxidation sites excluding steroid dienone is 10. The monoisotopic (exact) mass is 902 g/mol. The summed E-state index contributed by atoms with van der Waals surface area (Å²) in [7, 11) is 14.4. The molecule has 0 saturated carbocycles. The number of anilines is 2. The summed E-state index contributed by atoms with van der Waals surface area (Å²) in [4.78, 5) is 28.2. The molecule has 4 aromatic rings. The fourth-order valence-corrected chi connectivity index (χ4v) is 18.6. The molecule has 8 nitrogen and oxygen atoms in total. The van der Waals surface area contributed by atoms with Crippen molar-refractivity contribution in [2.75, 3.05) is 66.2 Å². The molecule has 10 heteroatoms. The Hall–Kier alpha value is -6.04. The first-order valence-corrected chi connectivity index (χ1v) is 30.2. The molecule has 316 valence electrons. The van der Waals surface area contributed by atoms with Gasteiger partial charge in [0.05, 0.1) is 5.97 Å². The summed E-state index contributed by atoms with van der Waals surface area (Å²) in [6.07, 6.45) is 13.2. The molecular weight excluding hydrogens is 845 g/mol. The summed E-state index contributed by atoms with van der Waals surface area (Å²) in [5.74, 6) is 2.56. The van der Waals surface area contributed by atoms with Crippen molar-refractivity contribution in [2.45, 2.75) is 24.6 Å². The Morgan fingerprint density at radius 1 is 0.581 bits per heavy atom. The number of rotatable bonds is 6. The Kier molecular flexibility index (Phi) is 11.8. The van der Waals surface area contributed by atoms with Crippen molar-refractivity contribution in [1.82, 2.24) is 0 Å². The fraction of sp³-hybridized carbons (Fsp3) is 0.231. The predicted molar refractivity (Wildman–Crippen MR) is 258 cm³/mol. The third-order valence-electron chi connectivity index (χ3n) is 12.7. The summed E-state index contributed by atoms with van der Waals surface area (Å²) in [5, 5.41) is 26.6. The zero-order valence-electron chi connectivity index (χ0n) is 38.0. The number of carboxylic acids is 2. The largest absolute Gasteiger partial charge is 0.545 e. The van der Waals surface area contributed by atoms with Gasteiger partial charge in [0.2, 0.25) is 0 Å². The van der Waals surface area contributed by atoms with Crippen LogP contribution in [0, 0.1) is 0 Å². The number of nitrogens with zero attached hydrogens (tertiary/aromatic N) is 4. The van der Waals surface area contributed by atoms with Crippen molar-refractivity contribution in [1.29, 1.82) is 0 Å². The van der Waals surface area contributed by atoms with Crippen LogP contribution in [0.4, 0.5) is 11.4 Å². The van der Waals surface area contributed by atoms with Gasteiger partial charge in [-0.3, -0.25) is 0 Å². The summed E-state index contributed by atoms with van der Waals surface area (Å²) < 4.78 is 6.99. The van der Waals surface area contributed by atoms with Crippen LogP contribution < -0.4 is 29.6 Å². The normalized spacial score (nSPS) is 16.5. The molecule has 4 aliphatic rings. The van der Waals surface area contributed by atoms with Crippen LogP contribution in [0.1, 0.15) is 43.0 Å². The molecule has 0 aromatic heterocycles. The maximum Gasteiger partial charge on any atom is 0.199 e. The van der Waals surface area contributed by atoms with Crippen molar-refractivity contribution in [3.63, 3.8) is 0 Å². The number of carbonyl (C=O) groups excluding carboxylic acids is 2. The maximum atomic E-state index is 12.0. The second-order valence-electron chi connectivity index (χ2n) is 18.2. The van der Waals surface area contributed by atoms with Gasteiger partial charge in [0.15, 0.2) is 5.71 Å². The van der Waals surface area contributed by atoms with Crippen molar-refractivity contribution in [2.24, 2.45) is 0 Å². The SMILES string of the molecule is CN(C)c1ccc2[c](c1)[Ge]([CH3])([CH3])[C]1=CC(=[N+](C)C)C=CC1=C2c1ccccc1C(=O)[O-].CN(C)c1ccc2c(c1)[Si](C)(C)C1=CC(=[N+](C)C)C=CC1=C2c1ccccc1C(=O)[O-]. The van der Waals surface area contributed by atoms with Gasteiger partial charge < -0.3 is 14.8 Å². The molecule has 8 rings (SSSR count). The van der Waals surface area contributed by atoms with Crippen LogP contribution in [0.2, 0.25) is 24.6 Å². The van der Waals surface area contributed by atoms with Crippen molar-refractivity contribution in [3.8, 4) is 0 Å². The molecule has 0 bridgehead atoms. The summed E-state index contributed by atoms with van der Waals surface area (Å²) in [5.41, 5.74) is 13.0. The van der Waals surface area contributed by atoms with E-state index in [2.05, 4.69) is 145 Å². The van der Waals surface area contributed by atoms with E-state index in [0.29, 0.717) is 5.56 Å². The van der Waals surface area contributed by atoms with Gasteiger partial charge in [0, 0.05) is 37.5 Å². The number of hydrogen-bond acceptors (Lipinski definition) is 6. The molecule has 0 saturated heterocycles. The van der Waals surface area contributed by atoms with E-state index < -0.39 is 33.3 Å². The van der Waals surface area contributed by atoms with E-state index in [4.69, 9.17) is 0 Å². The number of hydrogen-bond donors (Lipinski definition) is 0. The maximum absolute atomic E-state index is 12.0. The molecule has 0 unspecified atom stereocenters. The standard InChI is InChI=1S/C26H28GeN2O2.C26H28N2O2Si/c1-27(2)23-15-17(28(3)4)11-13-21(23)25(19-9-7-8-10-20(19)26(30)31)22-14-12-18(29(5)6)16-24(22)27;1-27(2)17-11-13-21-23(15-17)31(5,6)24-16-18(28(3)4)12-14-22(24)25(21)19-9-7-8-10-20(19)26(29)30/h2*7-16H,1-6H3. The molecule has 0 spiro atoms. The number of benzene rings is 4. The molecule has 0 N–H and O–H groups in total. The zero-order valence-corrected chi connectivity index (χ0v) is 41.1. The van der Waals surface area contributed by atoms with Gasteiger partial charge in [-0.25, -0.2) is 4.58 Å². The van der Waals surface area contributed by atoms with E-state index in [1.165, 1.54) is 19.2 Å². The first-order valence-electron chi connectivity index (χ1n) is 20.9. The van der Waals surface area contributed by atoms with Gasteiger partial charge in [-0.05, 0) is 50.9 Å². The molecule has 0 atom stereocenters. The van der Waals surface area contributed by atoms with E-state index in [-0.39, 0.29) is 11.1 Å². The average molecular weight is 902 g/mol. The summed E-state index contributed by atoms with van der Waals surface area (Å²) in [6.45, 7) is 4.76. The molecule has 2 aliphatic heterocycles. The molecule has 2 heterocycles. The van der Waals surface area contributed by atoms with Crippen molar-refractivity contribution in [3.05, 3.63) is 176 Å². The van der Waals surface area contributed by atoms with Gasteiger partial charge in [-0.1, -0.05) is 43.4 Å². The minimum absolute atomic E-state index is 0.226. The zero-order chi connectivity index (χ0) is 45.0. The first kappa shape index (κ1) is 44.0. The van der Waals surface area contributed by atoms with E-state index in [1.807, 2.05) is 52.5 Å². The molecule has 62 heavy (non-hydrogen) atoms. The Bertz CT molecular complexity index is 2650. The number of carboxylic acid groups (broad SMARTS) is 2. The molecular formula is C52H56GeN4O4Si. The van der Waals surface area contributed by atoms with Gasteiger partial charge in [-0.15, -0.1) is 0 Å². The van der Waals surface area contributed by atoms with Crippen LogP contribution in [-0.2, 0) is 0 Å². The van der Waals surface area contributed by atoms with Crippen molar-refractivity contribution < 1.29 is 29.0 Å².